The van der Waals surface area contributed by atoms with Crippen LogP contribution in [0.15, 0.2) is 4.52 Å². The molecule has 0 radical (unpaired) electrons. The van der Waals surface area contributed by atoms with Crippen LogP contribution in [0.2, 0.25) is 0 Å². The van der Waals surface area contributed by atoms with Gasteiger partial charge in [0.2, 0.25) is 5.89 Å². The lowest BCUT2D eigenvalue weighted by Gasteiger charge is -2.36. The third-order valence-corrected chi connectivity index (χ3v) is 3.23. The number of nitrogens with zero attached hydrogens (tertiary/aromatic N) is 3. The normalized spacial score (nSPS) is 26.5. The van der Waals surface area contributed by atoms with Crippen LogP contribution in [0.5, 0.6) is 0 Å². The molecule has 0 saturated carbocycles. The summed E-state index contributed by atoms with van der Waals surface area (Å²) in [5, 5.41) is 14.1. The Kier molecular flexibility index (Phi) is 3.47. The standard InChI is InChI=1S/C13H23N3O2/c1-12(2,3)11-14-10(15-18-11)8-16-7-5-6-13(4,17)9-16/h17H,5-9H2,1-4H3. The van der Waals surface area contributed by atoms with Crippen molar-refractivity contribution in [3.05, 3.63) is 11.7 Å². The maximum atomic E-state index is 10.1. The Bertz CT molecular complexity index is 407. The average molecular weight is 253 g/mol. The molecule has 18 heavy (non-hydrogen) atoms. The van der Waals surface area contributed by atoms with Gasteiger partial charge in [0, 0.05) is 12.0 Å². The van der Waals surface area contributed by atoms with E-state index in [2.05, 4.69) is 35.8 Å². The first-order chi connectivity index (χ1) is 8.26. The van der Waals surface area contributed by atoms with E-state index in [0.29, 0.717) is 24.8 Å². The Morgan fingerprint density at radius 1 is 1.44 bits per heavy atom. The maximum Gasteiger partial charge on any atom is 0.232 e. The molecule has 0 amide bonds. The molecule has 1 atom stereocenters. The fourth-order valence-corrected chi connectivity index (χ4v) is 2.28. The zero-order valence-electron chi connectivity index (χ0n) is 11.7. The van der Waals surface area contributed by atoms with Gasteiger partial charge in [0.1, 0.15) is 0 Å². The summed E-state index contributed by atoms with van der Waals surface area (Å²) in [7, 11) is 0. The molecule has 1 aliphatic heterocycles. The van der Waals surface area contributed by atoms with Gasteiger partial charge < -0.3 is 9.63 Å². The van der Waals surface area contributed by atoms with Gasteiger partial charge in [0.05, 0.1) is 12.1 Å². The summed E-state index contributed by atoms with van der Waals surface area (Å²) in [6.45, 7) is 10.3. The molecule has 5 nitrogen and oxygen atoms in total. The Morgan fingerprint density at radius 2 is 2.17 bits per heavy atom. The molecule has 0 aliphatic carbocycles. The predicted octanol–water partition coefficient (Wildman–Crippen LogP) is 1.71. The molecule has 2 heterocycles. The minimum atomic E-state index is -0.588. The average Bonchev–Trinajstić information content (AvgIpc) is 2.63. The molecule has 1 aliphatic rings. The van der Waals surface area contributed by atoms with Crippen molar-refractivity contribution in [2.24, 2.45) is 0 Å². The third-order valence-electron chi connectivity index (χ3n) is 3.23. The zero-order chi connectivity index (χ0) is 13.4. The Labute approximate surface area is 108 Å². The first-order valence-electron chi connectivity index (χ1n) is 6.54. The molecule has 0 spiro atoms. The van der Waals surface area contributed by atoms with Crippen LogP contribution in [0.1, 0.15) is 52.3 Å². The second-order valence-corrected chi connectivity index (χ2v) is 6.58. The number of aliphatic hydroxyl groups is 1. The van der Waals surface area contributed by atoms with Gasteiger partial charge in [-0.3, -0.25) is 4.90 Å². The van der Waals surface area contributed by atoms with Crippen LogP contribution in [-0.2, 0) is 12.0 Å². The van der Waals surface area contributed by atoms with Gasteiger partial charge in [0.25, 0.3) is 0 Å². The van der Waals surface area contributed by atoms with Gasteiger partial charge in [-0.05, 0) is 26.3 Å². The number of likely N-dealkylation sites (tertiary alicyclic amines) is 1. The van der Waals surface area contributed by atoms with E-state index < -0.39 is 5.60 Å². The third kappa shape index (κ3) is 3.29. The number of piperidine rings is 1. The highest BCUT2D eigenvalue weighted by Gasteiger charge is 2.29. The van der Waals surface area contributed by atoms with Crippen molar-refractivity contribution in [3.8, 4) is 0 Å². The number of hydrogen-bond acceptors (Lipinski definition) is 5. The topological polar surface area (TPSA) is 62.4 Å². The molecule has 0 aromatic carbocycles. The molecular weight excluding hydrogens is 230 g/mol. The van der Waals surface area contributed by atoms with Crippen LogP contribution in [-0.4, -0.2) is 38.8 Å². The van der Waals surface area contributed by atoms with Crippen molar-refractivity contribution in [3.63, 3.8) is 0 Å². The van der Waals surface area contributed by atoms with Crippen LogP contribution in [0, 0.1) is 0 Å². The summed E-state index contributed by atoms with van der Waals surface area (Å²) < 4.78 is 5.27. The lowest BCUT2D eigenvalue weighted by atomic mass is 9.95. The Balaban J connectivity index is 1.99. The quantitative estimate of drug-likeness (QED) is 0.869. The van der Waals surface area contributed by atoms with Crippen molar-refractivity contribution >= 4 is 0 Å². The first kappa shape index (κ1) is 13.5. The van der Waals surface area contributed by atoms with Gasteiger partial charge in [-0.15, -0.1) is 0 Å². The monoisotopic (exact) mass is 253 g/mol. The fraction of sp³-hybridized carbons (Fsp3) is 0.846. The van der Waals surface area contributed by atoms with Crippen LogP contribution >= 0.6 is 0 Å². The summed E-state index contributed by atoms with van der Waals surface area (Å²) in [5.41, 5.74) is -0.701. The predicted molar refractivity (Wildman–Crippen MR) is 68.1 cm³/mol. The minimum absolute atomic E-state index is 0.112. The maximum absolute atomic E-state index is 10.1. The molecule has 1 N–H and O–H groups in total. The molecule has 1 unspecified atom stereocenters. The second-order valence-electron chi connectivity index (χ2n) is 6.58. The first-order valence-corrected chi connectivity index (χ1v) is 6.54. The molecule has 102 valence electrons. The zero-order valence-corrected chi connectivity index (χ0v) is 11.7. The number of rotatable bonds is 2. The van der Waals surface area contributed by atoms with E-state index in [1.807, 2.05) is 6.92 Å². The molecule has 0 bridgehead atoms. The van der Waals surface area contributed by atoms with Crippen LogP contribution < -0.4 is 0 Å². The molecule has 5 heteroatoms. The molecule has 1 aromatic heterocycles. The number of aromatic nitrogens is 2. The minimum Gasteiger partial charge on any atom is -0.389 e. The summed E-state index contributed by atoms with van der Waals surface area (Å²) in [6.07, 6.45) is 1.87. The van der Waals surface area contributed by atoms with E-state index in [0.717, 1.165) is 19.4 Å². The van der Waals surface area contributed by atoms with Crippen molar-refractivity contribution in [1.29, 1.82) is 0 Å². The fourth-order valence-electron chi connectivity index (χ4n) is 2.28. The van der Waals surface area contributed by atoms with Crippen molar-refractivity contribution in [2.45, 2.75) is 58.1 Å². The van der Waals surface area contributed by atoms with Gasteiger partial charge in [-0.2, -0.15) is 4.98 Å². The highest BCUT2D eigenvalue weighted by molar-refractivity contribution is 4.98. The van der Waals surface area contributed by atoms with E-state index in [4.69, 9.17) is 4.52 Å². The van der Waals surface area contributed by atoms with Gasteiger partial charge in [0.15, 0.2) is 5.82 Å². The Morgan fingerprint density at radius 3 is 2.72 bits per heavy atom. The molecule has 2 rings (SSSR count). The highest BCUT2D eigenvalue weighted by Crippen LogP contribution is 2.23. The van der Waals surface area contributed by atoms with Crippen molar-refractivity contribution < 1.29 is 9.63 Å². The lowest BCUT2D eigenvalue weighted by Crippen LogP contribution is -2.45. The molecule has 1 fully saturated rings. The molecular formula is C13H23N3O2. The van der Waals surface area contributed by atoms with E-state index >= 15 is 0 Å². The van der Waals surface area contributed by atoms with Crippen LogP contribution in [0.4, 0.5) is 0 Å². The highest BCUT2D eigenvalue weighted by atomic mass is 16.5. The SMILES string of the molecule is CC1(O)CCCN(Cc2noc(C(C)(C)C)n2)C1. The van der Waals surface area contributed by atoms with Crippen molar-refractivity contribution in [2.75, 3.05) is 13.1 Å². The van der Waals surface area contributed by atoms with E-state index in [9.17, 15) is 5.11 Å². The van der Waals surface area contributed by atoms with E-state index in [1.165, 1.54) is 0 Å². The number of β-amino-alcohol motifs (C(OH)–C–C–N with tert-alkyl or cyclic N) is 1. The second kappa shape index (κ2) is 4.63. The smallest absolute Gasteiger partial charge is 0.232 e. The number of hydrogen-bond donors (Lipinski definition) is 1. The summed E-state index contributed by atoms with van der Waals surface area (Å²) in [5.74, 6) is 1.37. The summed E-state index contributed by atoms with van der Waals surface area (Å²) in [4.78, 5) is 6.60. The summed E-state index contributed by atoms with van der Waals surface area (Å²) in [6, 6.07) is 0. The van der Waals surface area contributed by atoms with Crippen LogP contribution in [0.3, 0.4) is 0 Å². The molecule has 1 aromatic rings. The lowest BCUT2D eigenvalue weighted by molar-refractivity contribution is -0.0190. The van der Waals surface area contributed by atoms with Gasteiger partial charge in [-0.1, -0.05) is 25.9 Å². The molecule has 1 saturated heterocycles. The van der Waals surface area contributed by atoms with Crippen molar-refractivity contribution in [1.82, 2.24) is 15.0 Å². The summed E-state index contributed by atoms with van der Waals surface area (Å²) >= 11 is 0. The van der Waals surface area contributed by atoms with Gasteiger partial charge >= 0.3 is 0 Å². The van der Waals surface area contributed by atoms with E-state index in [1.54, 1.807) is 0 Å². The van der Waals surface area contributed by atoms with E-state index in [-0.39, 0.29) is 5.41 Å². The van der Waals surface area contributed by atoms with Crippen LogP contribution in [0.25, 0.3) is 0 Å². The van der Waals surface area contributed by atoms with Gasteiger partial charge in [-0.25, -0.2) is 0 Å². The largest absolute Gasteiger partial charge is 0.389 e. The Hall–Kier alpha value is -0.940.